The summed E-state index contributed by atoms with van der Waals surface area (Å²) in [7, 11) is 0. The number of rotatable bonds is 4. The monoisotopic (exact) mass is 382 g/mol. The van der Waals surface area contributed by atoms with E-state index in [1.807, 2.05) is 24.3 Å². The van der Waals surface area contributed by atoms with Crippen molar-refractivity contribution in [3.63, 3.8) is 0 Å². The van der Waals surface area contributed by atoms with Gasteiger partial charge < -0.3 is 10.6 Å². The number of hydrogen-bond donors (Lipinski definition) is 2. The Kier molecular flexibility index (Phi) is 5.61. The van der Waals surface area contributed by atoms with E-state index in [0.717, 1.165) is 22.5 Å². The van der Waals surface area contributed by atoms with Gasteiger partial charge in [-0.15, -0.1) is 0 Å². The SMILES string of the molecule is CC[C@H]1C[C@@H](CC(=O)NC(=S)Nc2ccc(Br)cc2)C1(C)C. The van der Waals surface area contributed by atoms with Gasteiger partial charge in [0, 0.05) is 16.6 Å². The van der Waals surface area contributed by atoms with Gasteiger partial charge in [0.05, 0.1) is 0 Å². The smallest absolute Gasteiger partial charge is 0.226 e. The standard InChI is InChI=1S/C17H23BrN2OS/c1-4-11-9-12(17(11,2)3)10-15(21)20-16(22)19-14-7-5-13(18)6-8-14/h5-8,11-12H,4,9-10H2,1-3H3,(H2,19,20,21,22)/t11-,12-/m0/s1. The first kappa shape index (κ1) is 17.4. The molecular weight excluding hydrogens is 360 g/mol. The fraction of sp³-hybridized carbons (Fsp3) is 0.529. The molecule has 1 saturated carbocycles. The summed E-state index contributed by atoms with van der Waals surface area (Å²) in [5.74, 6) is 1.19. The molecule has 0 aromatic heterocycles. The molecule has 2 atom stereocenters. The van der Waals surface area contributed by atoms with Crippen LogP contribution in [0.25, 0.3) is 0 Å². The van der Waals surface area contributed by atoms with E-state index in [2.05, 4.69) is 47.3 Å². The predicted molar refractivity (Wildman–Crippen MR) is 98.8 cm³/mol. The molecule has 2 rings (SSSR count). The summed E-state index contributed by atoms with van der Waals surface area (Å²) in [6.07, 6.45) is 2.88. The fourth-order valence-corrected chi connectivity index (χ4v) is 3.76. The highest BCUT2D eigenvalue weighted by Crippen LogP contribution is 2.54. The summed E-state index contributed by atoms with van der Waals surface area (Å²) in [5.41, 5.74) is 1.12. The van der Waals surface area contributed by atoms with Crippen LogP contribution < -0.4 is 10.6 Å². The quantitative estimate of drug-likeness (QED) is 0.739. The molecule has 0 saturated heterocycles. The third kappa shape index (κ3) is 4.07. The maximum absolute atomic E-state index is 12.1. The molecule has 1 aliphatic carbocycles. The highest BCUT2D eigenvalue weighted by atomic mass is 79.9. The minimum atomic E-state index is 0.00207. The number of amides is 1. The van der Waals surface area contributed by atoms with Crippen molar-refractivity contribution in [1.82, 2.24) is 5.32 Å². The molecule has 1 aromatic rings. The summed E-state index contributed by atoms with van der Waals surface area (Å²) in [6.45, 7) is 6.75. The first-order valence-corrected chi connectivity index (χ1v) is 8.89. The van der Waals surface area contributed by atoms with Crippen LogP contribution in [0.4, 0.5) is 5.69 Å². The molecule has 0 radical (unpaired) electrons. The molecule has 22 heavy (non-hydrogen) atoms. The summed E-state index contributed by atoms with van der Waals surface area (Å²) >= 11 is 8.59. The summed E-state index contributed by atoms with van der Waals surface area (Å²) < 4.78 is 1.01. The van der Waals surface area contributed by atoms with E-state index < -0.39 is 0 Å². The van der Waals surface area contributed by atoms with Crippen LogP contribution in [0.3, 0.4) is 0 Å². The van der Waals surface area contributed by atoms with Gasteiger partial charge in [-0.05, 0) is 60.2 Å². The van der Waals surface area contributed by atoms with Crippen molar-refractivity contribution < 1.29 is 4.79 Å². The van der Waals surface area contributed by atoms with Crippen LogP contribution in [0.5, 0.6) is 0 Å². The normalized spacial score (nSPS) is 22.5. The molecule has 3 nitrogen and oxygen atoms in total. The van der Waals surface area contributed by atoms with E-state index >= 15 is 0 Å². The van der Waals surface area contributed by atoms with Crippen molar-refractivity contribution in [3.8, 4) is 0 Å². The Hall–Kier alpha value is -0.940. The van der Waals surface area contributed by atoms with Crippen molar-refractivity contribution in [3.05, 3.63) is 28.7 Å². The van der Waals surface area contributed by atoms with E-state index in [1.54, 1.807) is 0 Å². The summed E-state index contributed by atoms with van der Waals surface area (Å²) in [4.78, 5) is 12.1. The topological polar surface area (TPSA) is 41.1 Å². The van der Waals surface area contributed by atoms with Gasteiger partial charge in [-0.2, -0.15) is 0 Å². The van der Waals surface area contributed by atoms with Gasteiger partial charge in [0.25, 0.3) is 0 Å². The predicted octanol–water partition coefficient (Wildman–Crippen LogP) is 4.72. The number of hydrogen-bond acceptors (Lipinski definition) is 2. The number of halogens is 1. The van der Waals surface area contributed by atoms with Crippen LogP contribution in [-0.4, -0.2) is 11.0 Å². The van der Waals surface area contributed by atoms with Gasteiger partial charge >= 0.3 is 0 Å². The van der Waals surface area contributed by atoms with Crippen LogP contribution >= 0.6 is 28.1 Å². The zero-order valence-electron chi connectivity index (χ0n) is 13.3. The molecule has 0 heterocycles. The average molecular weight is 383 g/mol. The van der Waals surface area contributed by atoms with Crippen molar-refractivity contribution in [2.75, 3.05) is 5.32 Å². The van der Waals surface area contributed by atoms with Gasteiger partial charge in [0.1, 0.15) is 0 Å². The third-order valence-electron chi connectivity index (χ3n) is 4.95. The van der Waals surface area contributed by atoms with Crippen LogP contribution in [-0.2, 0) is 4.79 Å². The second-order valence-electron chi connectivity index (χ2n) is 6.57. The Labute approximate surface area is 146 Å². The zero-order valence-corrected chi connectivity index (χ0v) is 15.7. The average Bonchev–Trinajstić information content (AvgIpc) is 2.45. The van der Waals surface area contributed by atoms with E-state index in [1.165, 1.54) is 6.42 Å². The first-order valence-electron chi connectivity index (χ1n) is 7.69. The lowest BCUT2D eigenvalue weighted by atomic mass is 9.53. The first-order chi connectivity index (χ1) is 10.3. The zero-order chi connectivity index (χ0) is 16.3. The minimum absolute atomic E-state index is 0.00207. The lowest BCUT2D eigenvalue weighted by molar-refractivity contribution is -0.125. The molecule has 0 bridgehead atoms. The third-order valence-corrected chi connectivity index (χ3v) is 5.69. The molecule has 2 N–H and O–H groups in total. The molecule has 1 amide bonds. The van der Waals surface area contributed by atoms with Crippen LogP contribution in [0, 0.1) is 17.3 Å². The molecule has 0 aliphatic heterocycles. The van der Waals surface area contributed by atoms with Gasteiger partial charge in [-0.25, -0.2) is 0 Å². The number of carbonyl (C=O) groups excluding carboxylic acids is 1. The van der Waals surface area contributed by atoms with E-state index in [0.29, 0.717) is 17.5 Å². The molecule has 0 spiro atoms. The van der Waals surface area contributed by atoms with Crippen LogP contribution in [0.15, 0.2) is 28.7 Å². The van der Waals surface area contributed by atoms with Gasteiger partial charge in [-0.1, -0.05) is 43.1 Å². The summed E-state index contributed by atoms with van der Waals surface area (Å²) in [6, 6.07) is 7.66. The van der Waals surface area contributed by atoms with Gasteiger partial charge in [0.2, 0.25) is 5.91 Å². The molecule has 0 unspecified atom stereocenters. The lowest BCUT2D eigenvalue weighted by Gasteiger charge is -2.52. The molecular formula is C17H23BrN2OS. The van der Waals surface area contributed by atoms with Crippen molar-refractivity contribution >= 4 is 44.9 Å². The van der Waals surface area contributed by atoms with E-state index in [-0.39, 0.29) is 11.3 Å². The number of anilines is 1. The van der Waals surface area contributed by atoms with Crippen molar-refractivity contribution in [2.45, 2.75) is 40.0 Å². The van der Waals surface area contributed by atoms with Crippen LogP contribution in [0.2, 0.25) is 0 Å². The van der Waals surface area contributed by atoms with Gasteiger partial charge in [-0.3, -0.25) is 4.79 Å². The lowest BCUT2D eigenvalue weighted by Crippen LogP contribution is -2.47. The molecule has 120 valence electrons. The van der Waals surface area contributed by atoms with E-state index in [4.69, 9.17) is 12.2 Å². The Morgan fingerprint density at radius 2 is 1.95 bits per heavy atom. The Balaban J connectivity index is 1.80. The van der Waals surface area contributed by atoms with Crippen molar-refractivity contribution in [1.29, 1.82) is 0 Å². The molecule has 5 heteroatoms. The number of carbonyl (C=O) groups is 1. The van der Waals surface area contributed by atoms with Crippen LogP contribution in [0.1, 0.15) is 40.0 Å². The number of benzene rings is 1. The Morgan fingerprint density at radius 1 is 1.32 bits per heavy atom. The van der Waals surface area contributed by atoms with E-state index in [9.17, 15) is 4.79 Å². The second kappa shape index (κ2) is 7.09. The highest BCUT2D eigenvalue weighted by Gasteiger charge is 2.47. The number of nitrogens with one attached hydrogen (secondary N) is 2. The maximum atomic E-state index is 12.1. The number of thiocarbonyl (C=S) groups is 1. The Morgan fingerprint density at radius 3 is 2.50 bits per heavy atom. The molecule has 1 aromatic carbocycles. The summed E-state index contributed by atoms with van der Waals surface area (Å²) in [5, 5.41) is 6.17. The highest BCUT2D eigenvalue weighted by molar-refractivity contribution is 9.10. The largest absolute Gasteiger partial charge is 0.332 e. The molecule has 1 aliphatic rings. The molecule has 1 fully saturated rings. The van der Waals surface area contributed by atoms with Crippen molar-refractivity contribution in [2.24, 2.45) is 17.3 Å². The maximum Gasteiger partial charge on any atom is 0.226 e. The Bertz CT molecular complexity index is 556. The van der Waals surface area contributed by atoms with Gasteiger partial charge in [0.15, 0.2) is 5.11 Å². The second-order valence-corrected chi connectivity index (χ2v) is 7.90. The minimum Gasteiger partial charge on any atom is -0.332 e. The fourth-order valence-electron chi connectivity index (χ4n) is 3.26.